The SMILES string of the molecule is CC1=C(C)C(C)(C)[C]([Sr][C]2=C(C)C(C)=C(C)C2(C)C)=C1C.CCOCC. The molecule has 0 N–H and O–H groups in total. The topological polar surface area (TPSA) is 9.23 Å². The summed E-state index contributed by atoms with van der Waals surface area (Å²) in [6, 6.07) is 0. The van der Waals surface area contributed by atoms with Gasteiger partial charge in [-0.2, -0.15) is 0 Å². The number of allylic oxidation sites excluding steroid dienone is 8. The minimum absolute atomic E-state index is 0.304. The fourth-order valence-corrected chi connectivity index (χ4v) is 11.4. The third-order valence-electron chi connectivity index (χ3n) is 7.30. The van der Waals surface area contributed by atoms with E-state index in [1.54, 1.807) is 33.4 Å². The van der Waals surface area contributed by atoms with Gasteiger partial charge in [-0.3, -0.25) is 0 Å². The molecule has 0 aromatic rings. The molecule has 0 aliphatic heterocycles. The van der Waals surface area contributed by atoms with Gasteiger partial charge >= 0.3 is 156 Å². The molecule has 0 bridgehead atoms. The summed E-state index contributed by atoms with van der Waals surface area (Å²) in [5, 5.41) is 0. The first-order chi connectivity index (χ1) is 11.8. The smallest absolute Gasteiger partial charge is 0.0437 e. The maximum Gasteiger partial charge on any atom is 0.0437 e. The van der Waals surface area contributed by atoms with Crippen molar-refractivity contribution < 1.29 is 4.74 Å². The first kappa shape index (κ1) is 24.4. The van der Waals surface area contributed by atoms with Crippen molar-refractivity contribution in [2.24, 2.45) is 10.8 Å². The van der Waals surface area contributed by atoms with Crippen LogP contribution >= 0.6 is 0 Å². The van der Waals surface area contributed by atoms with Gasteiger partial charge in [0.1, 0.15) is 0 Å². The van der Waals surface area contributed by atoms with E-state index in [2.05, 4.69) is 69.2 Å². The zero-order chi connectivity index (χ0) is 20.4. The Morgan fingerprint density at radius 2 is 0.923 bits per heavy atom. The summed E-state index contributed by atoms with van der Waals surface area (Å²) >= 11 is -1.17. The van der Waals surface area contributed by atoms with E-state index in [0.29, 0.717) is 10.8 Å². The second kappa shape index (κ2) is 9.27. The summed E-state index contributed by atoms with van der Waals surface area (Å²) in [4.78, 5) is 0. The first-order valence-corrected chi connectivity index (χ1v) is 13.7. The largest absolute Gasteiger partial charge is 0.382 e. The van der Waals surface area contributed by atoms with Crippen molar-refractivity contribution in [3.63, 3.8) is 0 Å². The Kier molecular flexibility index (Phi) is 8.71. The maximum atomic E-state index is 4.83. The molecule has 0 atom stereocenters. The number of ether oxygens (including phenoxy) is 1. The monoisotopic (exact) mass is 432 g/mol. The second-order valence-corrected chi connectivity index (χ2v) is 13.3. The predicted molar refractivity (Wildman–Crippen MR) is 118 cm³/mol. The van der Waals surface area contributed by atoms with E-state index in [1.165, 1.54) is 0 Å². The molecule has 2 aliphatic carbocycles. The summed E-state index contributed by atoms with van der Waals surface area (Å²) in [5.41, 5.74) is 10.2. The van der Waals surface area contributed by atoms with Crippen LogP contribution in [0.3, 0.4) is 0 Å². The van der Waals surface area contributed by atoms with Gasteiger partial charge in [-0.1, -0.05) is 0 Å². The van der Waals surface area contributed by atoms with Crippen molar-refractivity contribution in [2.45, 2.75) is 83.1 Å². The van der Waals surface area contributed by atoms with Crippen LogP contribution in [0.1, 0.15) is 83.1 Å². The molecule has 0 aromatic heterocycles. The minimum Gasteiger partial charge on any atom is -0.382 e. The van der Waals surface area contributed by atoms with Gasteiger partial charge in [-0.05, 0) is 13.8 Å². The van der Waals surface area contributed by atoms with Crippen molar-refractivity contribution in [2.75, 3.05) is 13.2 Å². The third kappa shape index (κ3) is 4.51. The van der Waals surface area contributed by atoms with Crippen molar-refractivity contribution in [1.29, 1.82) is 0 Å². The van der Waals surface area contributed by atoms with E-state index in [4.69, 9.17) is 4.74 Å². The molecule has 1 nitrogen and oxygen atoms in total. The molecule has 0 fully saturated rings. The number of hydrogen-bond donors (Lipinski definition) is 0. The van der Waals surface area contributed by atoms with Crippen LogP contribution in [-0.2, 0) is 4.74 Å². The number of hydrogen-bond acceptors (Lipinski definition) is 1. The molecule has 0 heterocycles. The van der Waals surface area contributed by atoms with Crippen LogP contribution in [0, 0.1) is 10.8 Å². The molecule has 2 rings (SSSR count). The summed E-state index contributed by atoms with van der Waals surface area (Å²) in [6.07, 6.45) is 0. The van der Waals surface area contributed by atoms with Gasteiger partial charge in [0.05, 0.1) is 0 Å². The van der Waals surface area contributed by atoms with E-state index in [-0.39, 0.29) is 0 Å². The van der Waals surface area contributed by atoms with Gasteiger partial charge in [0.25, 0.3) is 0 Å². The number of rotatable bonds is 4. The Hall–Kier alpha value is 0.401. The van der Waals surface area contributed by atoms with E-state index in [0.717, 1.165) is 13.2 Å². The summed E-state index contributed by atoms with van der Waals surface area (Å²) < 4.78 is 8.51. The first-order valence-electron chi connectivity index (χ1n) is 10.2. The molecule has 144 valence electrons. The second-order valence-electron chi connectivity index (χ2n) is 8.92. The van der Waals surface area contributed by atoms with Crippen LogP contribution in [0.15, 0.2) is 34.5 Å². The average Bonchev–Trinajstić information content (AvgIpc) is 2.81. The molecule has 0 spiro atoms. The van der Waals surface area contributed by atoms with Gasteiger partial charge < -0.3 is 4.74 Å². The fourth-order valence-electron chi connectivity index (χ4n) is 4.43. The summed E-state index contributed by atoms with van der Waals surface area (Å²) in [5.74, 6) is 0. The molecule has 26 heavy (non-hydrogen) atoms. The van der Waals surface area contributed by atoms with Crippen LogP contribution in [-0.4, -0.2) is 54.2 Å². The molecule has 2 heteroatoms. The molecular formula is C24H40OSr. The molecule has 0 amide bonds. The van der Waals surface area contributed by atoms with Gasteiger partial charge in [0.15, 0.2) is 0 Å². The Balaban J connectivity index is 0.000000597. The van der Waals surface area contributed by atoms with Gasteiger partial charge in [0, 0.05) is 13.2 Å². The molecule has 0 radical (unpaired) electrons. The van der Waals surface area contributed by atoms with Gasteiger partial charge in [0.2, 0.25) is 0 Å². The molecule has 0 unspecified atom stereocenters. The molecule has 0 aromatic carbocycles. The van der Waals surface area contributed by atoms with E-state index in [1.807, 2.05) is 14.9 Å². The van der Waals surface area contributed by atoms with Crippen LogP contribution in [0.2, 0.25) is 0 Å². The predicted octanol–water partition coefficient (Wildman–Crippen LogP) is 7.03. The summed E-state index contributed by atoms with van der Waals surface area (Å²) in [6.45, 7) is 29.5. The van der Waals surface area contributed by atoms with Crippen LogP contribution in [0.5, 0.6) is 0 Å². The quantitative estimate of drug-likeness (QED) is 0.434. The third-order valence-corrected chi connectivity index (χ3v) is 16.0. The standard InChI is InChI=1S/2C10H15.C4H10O.Sr/c2*1-7-6-10(4,5)9(3)8(7)2;1-3-5-4-2;/h2*1-5H3;3-4H2,1-2H3;. The summed E-state index contributed by atoms with van der Waals surface area (Å²) in [7, 11) is 0. The van der Waals surface area contributed by atoms with Gasteiger partial charge in [-0.25, -0.2) is 0 Å². The van der Waals surface area contributed by atoms with E-state index in [9.17, 15) is 0 Å². The molecule has 0 saturated carbocycles. The van der Waals surface area contributed by atoms with Gasteiger partial charge in [-0.15, -0.1) is 0 Å². The minimum atomic E-state index is -1.17. The maximum absolute atomic E-state index is 4.83. The average molecular weight is 432 g/mol. The normalized spacial score (nSPS) is 21.4. The molecular weight excluding hydrogens is 392 g/mol. The van der Waals surface area contributed by atoms with Crippen molar-refractivity contribution in [3.05, 3.63) is 34.5 Å². The van der Waals surface area contributed by atoms with Crippen LogP contribution in [0.4, 0.5) is 0 Å². The zero-order valence-corrected chi connectivity index (χ0v) is 23.0. The van der Waals surface area contributed by atoms with Crippen molar-refractivity contribution in [1.82, 2.24) is 0 Å². The van der Waals surface area contributed by atoms with Crippen molar-refractivity contribution >= 4 is 41.0 Å². The Morgan fingerprint density at radius 1 is 0.615 bits per heavy atom. The van der Waals surface area contributed by atoms with E-state index >= 15 is 0 Å². The van der Waals surface area contributed by atoms with E-state index < -0.39 is 41.0 Å². The van der Waals surface area contributed by atoms with Crippen LogP contribution < -0.4 is 0 Å². The Bertz CT molecular complexity index is 623. The Morgan fingerprint density at radius 3 is 1.08 bits per heavy atom. The zero-order valence-electron chi connectivity index (χ0n) is 19.5. The molecule has 0 saturated heterocycles. The molecule has 2 aliphatic rings. The van der Waals surface area contributed by atoms with Crippen molar-refractivity contribution in [3.8, 4) is 0 Å². The fraction of sp³-hybridized carbons (Fsp3) is 0.667. The van der Waals surface area contributed by atoms with Crippen LogP contribution in [0.25, 0.3) is 0 Å². The Labute approximate surface area is 185 Å².